The molecule has 0 heterocycles. The van der Waals surface area contributed by atoms with E-state index in [0.717, 1.165) is 0 Å². The van der Waals surface area contributed by atoms with Gasteiger partial charge in [0.05, 0.1) is 11.1 Å². The number of aromatic hydroxyl groups is 1. The molecule has 0 aromatic heterocycles. The number of aliphatic hydroxyl groups is 1. The maximum atomic E-state index is 9.48. The van der Waals surface area contributed by atoms with Crippen LogP contribution < -0.4 is 0 Å². The number of benzene rings is 1. The Morgan fingerprint density at radius 1 is 1.38 bits per heavy atom. The number of hydrogen-bond acceptors (Lipinski definition) is 2. The van der Waals surface area contributed by atoms with Crippen molar-refractivity contribution in [1.29, 1.82) is 0 Å². The van der Waals surface area contributed by atoms with Crippen molar-refractivity contribution in [2.75, 3.05) is 0 Å². The molecule has 2 nitrogen and oxygen atoms in total. The molecule has 1 unspecified atom stereocenters. The first kappa shape index (κ1) is 10.6. The quantitative estimate of drug-likeness (QED) is 0.805. The van der Waals surface area contributed by atoms with Crippen LogP contribution >= 0.6 is 23.2 Å². The van der Waals surface area contributed by atoms with Gasteiger partial charge < -0.3 is 10.2 Å². The van der Waals surface area contributed by atoms with E-state index >= 15 is 0 Å². The van der Waals surface area contributed by atoms with Crippen molar-refractivity contribution < 1.29 is 10.2 Å². The molecule has 0 radical (unpaired) electrons. The highest BCUT2D eigenvalue weighted by Gasteiger charge is 2.13. The highest BCUT2D eigenvalue weighted by Crippen LogP contribution is 2.35. The Bertz CT molecular complexity index is 313. The lowest BCUT2D eigenvalue weighted by atomic mass is 10.1. The van der Waals surface area contributed by atoms with E-state index in [-0.39, 0.29) is 10.8 Å². The van der Waals surface area contributed by atoms with E-state index in [0.29, 0.717) is 17.0 Å². The van der Waals surface area contributed by atoms with E-state index in [1.54, 1.807) is 6.92 Å². The fourth-order valence-corrected chi connectivity index (χ4v) is 1.57. The van der Waals surface area contributed by atoms with E-state index in [1.807, 2.05) is 0 Å². The van der Waals surface area contributed by atoms with Crippen LogP contribution in [0.3, 0.4) is 0 Å². The van der Waals surface area contributed by atoms with Crippen molar-refractivity contribution in [1.82, 2.24) is 0 Å². The fourth-order valence-electron chi connectivity index (χ4n) is 1.06. The van der Waals surface area contributed by atoms with E-state index < -0.39 is 6.10 Å². The fraction of sp³-hybridized carbons (Fsp3) is 0.333. The van der Waals surface area contributed by atoms with Gasteiger partial charge in [0, 0.05) is 10.6 Å². The number of halogens is 2. The Morgan fingerprint density at radius 3 is 2.54 bits per heavy atom. The molecule has 4 heteroatoms. The van der Waals surface area contributed by atoms with Gasteiger partial charge in [0.2, 0.25) is 0 Å². The molecule has 1 aromatic carbocycles. The van der Waals surface area contributed by atoms with Crippen molar-refractivity contribution in [3.8, 4) is 5.75 Å². The third-order valence-electron chi connectivity index (χ3n) is 1.80. The van der Waals surface area contributed by atoms with Crippen LogP contribution in [0, 0.1) is 0 Å². The standard InChI is InChI=1S/C9H10Cl2O2/c1-2-8(12)6-3-5(10)4-7(11)9(6)13/h3-4,8,12-13H,2H2,1H3. The van der Waals surface area contributed by atoms with Crippen LogP contribution in [-0.4, -0.2) is 10.2 Å². The third-order valence-corrected chi connectivity index (χ3v) is 2.31. The van der Waals surface area contributed by atoms with E-state index in [9.17, 15) is 10.2 Å². The summed E-state index contributed by atoms with van der Waals surface area (Å²) in [5.41, 5.74) is 0.375. The van der Waals surface area contributed by atoms with Gasteiger partial charge in [-0.1, -0.05) is 30.1 Å². The lowest BCUT2D eigenvalue weighted by Crippen LogP contribution is -1.95. The predicted octanol–water partition coefficient (Wildman–Crippen LogP) is 3.14. The number of aliphatic hydroxyl groups excluding tert-OH is 1. The summed E-state index contributed by atoms with van der Waals surface area (Å²) >= 11 is 11.4. The average Bonchev–Trinajstić information content (AvgIpc) is 2.10. The maximum absolute atomic E-state index is 9.48. The summed E-state index contributed by atoms with van der Waals surface area (Å²) in [4.78, 5) is 0. The van der Waals surface area contributed by atoms with Gasteiger partial charge >= 0.3 is 0 Å². The van der Waals surface area contributed by atoms with Crippen molar-refractivity contribution in [2.45, 2.75) is 19.4 Å². The monoisotopic (exact) mass is 220 g/mol. The van der Waals surface area contributed by atoms with Gasteiger partial charge in [-0.15, -0.1) is 0 Å². The van der Waals surface area contributed by atoms with E-state index in [4.69, 9.17) is 23.2 Å². The van der Waals surface area contributed by atoms with Gasteiger partial charge in [-0.3, -0.25) is 0 Å². The van der Waals surface area contributed by atoms with Crippen LogP contribution in [0.25, 0.3) is 0 Å². The van der Waals surface area contributed by atoms with Crippen LogP contribution in [-0.2, 0) is 0 Å². The van der Waals surface area contributed by atoms with Gasteiger partial charge in [-0.2, -0.15) is 0 Å². The second-order valence-corrected chi connectivity index (χ2v) is 3.59. The van der Waals surface area contributed by atoms with Gasteiger partial charge in [0.25, 0.3) is 0 Å². The molecular weight excluding hydrogens is 211 g/mol. The van der Waals surface area contributed by atoms with Crippen LogP contribution in [0.1, 0.15) is 25.0 Å². The van der Waals surface area contributed by atoms with Gasteiger partial charge in [0.1, 0.15) is 5.75 Å². The third kappa shape index (κ3) is 2.27. The zero-order valence-corrected chi connectivity index (χ0v) is 8.60. The minimum atomic E-state index is -0.726. The summed E-state index contributed by atoms with van der Waals surface area (Å²) < 4.78 is 0. The molecule has 0 spiro atoms. The summed E-state index contributed by atoms with van der Waals surface area (Å²) in [6.07, 6.45) is -0.222. The van der Waals surface area contributed by atoms with Crippen LogP contribution in [0.4, 0.5) is 0 Å². The highest BCUT2D eigenvalue weighted by molar-refractivity contribution is 6.35. The summed E-state index contributed by atoms with van der Waals surface area (Å²) in [7, 11) is 0. The molecule has 1 rings (SSSR count). The lowest BCUT2D eigenvalue weighted by Gasteiger charge is -2.11. The highest BCUT2D eigenvalue weighted by atomic mass is 35.5. The van der Waals surface area contributed by atoms with E-state index in [1.165, 1.54) is 12.1 Å². The normalized spacial score (nSPS) is 12.9. The van der Waals surface area contributed by atoms with Gasteiger partial charge in [0.15, 0.2) is 0 Å². The van der Waals surface area contributed by atoms with E-state index in [2.05, 4.69) is 0 Å². The Morgan fingerprint density at radius 2 is 2.00 bits per heavy atom. The van der Waals surface area contributed by atoms with Crippen LogP contribution in [0.2, 0.25) is 10.0 Å². The molecule has 0 saturated heterocycles. The second-order valence-electron chi connectivity index (χ2n) is 2.75. The Kier molecular flexibility index (Phi) is 3.42. The second kappa shape index (κ2) is 4.18. The molecule has 2 N–H and O–H groups in total. The molecule has 0 bridgehead atoms. The number of rotatable bonds is 2. The lowest BCUT2D eigenvalue weighted by molar-refractivity contribution is 0.170. The zero-order valence-electron chi connectivity index (χ0n) is 7.09. The molecule has 0 aliphatic rings. The molecule has 0 saturated carbocycles. The number of phenols is 1. The molecular formula is C9H10Cl2O2. The van der Waals surface area contributed by atoms with Gasteiger partial charge in [-0.25, -0.2) is 0 Å². The molecule has 0 aliphatic carbocycles. The Labute approximate surface area is 86.7 Å². The SMILES string of the molecule is CCC(O)c1cc(Cl)cc(Cl)c1O. The molecule has 1 aromatic rings. The molecule has 0 fully saturated rings. The first-order valence-corrected chi connectivity index (χ1v) is 4.67. The summed E-state index contributed by atoms with van der Waals surface area (Å²) in [5.74, 6) is -0.0968. The smallest absolute Gasteiger partial charge is 0.140 e. The molecule has 72 valence electrons. The minimum Gasteiger partial charge on any atom is -0.506 e. The largest absolute Gasteiger partial charge is 0.506 e. The van der Waals surface area contributed by atoms with Crippen LogP contribution in [0.5, 0.6) is 5.75 Å². The maximum Gasteiger partial charge on any atom is 0.140 e. The van der Waals surface area contributed by atoms with Crippen molar-refractivity contribution >= 4 is 23.2 Å². The molecule has 0 aliphatic heterocycles. The molecule has 13 heavy (non-hydrogen) atoms. The van der Waals surface area contributed by atoms with Crippen molar-refractivity contribution in [2.24, 2.45) is 0 Å². The van der Waals surface area contributed by atoms with Crippen molar-refractivity contribution in [3.05, 3.63) is 27.7 Å². The summed E-state index contributed by atoms with van der Waals surface area (Å²) in [5, 5.41) is 19.5. The summed E-state index contributed by atoms with van der Waals surface area (Å²) in [6.45, 7) is 1.80. The van der Waals surface area contributed by atoms with Gasteiger partial charge in [-0.05, 0) is 18.6 Å². The zero-order chi connectivity index (χ0) is 10.0. The number of phenolic OH excluding ortho intramolecular Hbond substituents is 1. The molecule has 1 atom stereocenters. The Hall–Kier alpha value is -0.440. The van der Waals surface area contributed by atoms with Crippen LogP contribution in [0.15, 0.2) is 12.1 Å². The summed E-state index contributed by atoms with van der Waals surface area (Å²) in [6, 6.07) is 2.95. The molecule has 0 amide bonds. The first-order valence-electron chi connectivity index (χ1n) is 3.92. The topological polar surface area (TPSA) is 40.5 Å². The Balaban J connectivity index is 3.20. The van der Waals surface area contributed by atoms with Crippen molar-refractivity contribution in [3.63, 3.8) is 0 Å². The number of hydrogen-bond donors (Lipinski definition) is 2. The minimum absolute atomic E-state index is 0.0968. The predicted molar refractivity (Wildman–Crippen MR) is 53.4 cm³/mol. The average molecular weight is 221 g/mol. The first-order chi connectivity index (χ1) is 6.06.